The van der Waals surface area contributed by atoms with Crippen LogP contribution < -0.4 is 4.74 Å². The van der Waals surface area contributed by atoms with E-state index in [1.807, 2.05) is 97.1 Å². The van der Waals surface area contributed by atoms with Gasteiger partial charge in [0.05, 0.1) is 23.2 Å². The minimum atomic E-state index is -3.91. The van der Waals surface area contributed by atoms with Crippen LogP contribution in [-0.4, -0.2) is 24.5 Å². The highest BCUT2D eigenvalue weighted by molar-refractivity contribution is 7.90. The van der Waals surface area contributed by atoms with Gasteiger partial charge in [0.25, 0.3) is 10.0 Å². The summed E-state index contributed by atoms with van der Waals surface area (Å²) in [6.45, 7) is 0. The third-order valence-corrected chi connectivity index (χ3v) is 8.26. The Kier molecular flexibility index (Phi) is 6.02. The topological polar surface area (TPSA) is 61.2 Å². The normalized spacial score (nSPS) is 11.9. The maximum atomic E-state index is 13.9. The number of rotatable bonds is 6. The molecule has 0 aliphatic rings. The van der Waals surface area contributed by atoms with Crippen LogP contribution in [0.4, 0.5) is 0 Å². The molecule has 0 aliphatic heterocycles. The van der Waals surface area contributed by atoms with Crippen LogP contribution >= 0.6 is 0 Å². The van der Waals surface area contributed by atoms with E-state index in [1.165, 1.54) is 3.97 Å². The number of pyridine rings is 1. The van der Waals surface area contributed by atoms with Gasteiger partial charge < -0.3 is 4.74 Å². The van der Waals surface area contributed by atoms with Crippen LogP contribution in [0.15, 0.2) is 120 Å². The Morgan fingerprint density at radius 2 is 1.39 bits per heavy atom. The van der Waals surface area contributed by atoms with Gasteiger partial charge in [0.2, 0.25) is 0 Å². The van der Waals surface area contributed by atoms with Gasteiger partial charge in [-0.3, -0.25) is 0 Å². The number of hydrogen-bond acceptors (Lipinski definition) is 4. The fourth-order valence-electron chi connectivity index (χ4n) is 4.61. The molecule has 0 saturated heterocycles. The monoisotopic (exact) mass is 516 g/mol. The molecule has 0 amide bonds. The van der Waals surface area contributed by atoms with Crippen molar-refractivity contribution in [2.75, 3.05) is 7.11 Å². The molecule has 6 rings (SSSR count). The molecule has 6 aromatic rings. The third kappa shape index (κ3) is 4.25. The zero-order chi connectivity index (χ0) is 26.1. The van der Waals surface area contributed by atoms with E-state index in [9.17, 15) is 8.42 Å². The van der Waals surface area contributed by atoms with Crippen molar-refractivity contribution in [1.82, 2.24) is 8.96 Å². The molecule has 0 aliphatic carbocycles. The second-order valence-electron chi connectivity index (χ2n) is 8.89. The zero-order valence-electron chi connectivity index (χ0n) is 20.7. The Bertz CT molecular complexity index is 1890. The summed E-state index contributed by atoms with van der Waals surface area (Å²) in [4.78, 5) is 5.04. The molecule has 4 aromatic carbocycles. The van der Waals surface area contributed by atoms with Crippen LogP contribution in [0, 0.1) is 0 Å². The molecule has 0 fully saturated rings. The van der Waals surface area contributed by atoms with E-state index in [4.69, 9.17) is 9.72 Å². The van der Waals surface area contributed by atoms with Crippen LogP contribution in [0.5, 0.6) is 5.75 Å². The molecule has 0 saturated carbocycles. The van der Waals surface area contributed by atoms with Crippen molar-refractivity contribution in [1.29, 1.82) is 0 Å². The van der Waals surface area contributed by atoms with E-state index in [1.54, 1.807) is 37.4 Å². The lowest BCUT2D eigenvalue weighted by Gasteiger charge is -2.09. The molecular weight excluding hydrogens is 492 g/mol. The van der Waals surface area contributed by atoms with Gasteiger partial charge in [-0.05, 0) is 71.3 Å². The molecule has 2 heterocycles. The fourth-order valence-corrected chi connectivity index (χ4v) is 6.11. The number of nitrogens with zero attached hydrogens (tertiary/aromatic N) is 2. The fraction of sp³-hybridized carbons (Fsp3) is 0.0312. The predicted molar refractivity (Wildman–Crippen MR) is 154 cm³/mol. The summed E-state index contributed by atoms with van der Waals surface area (Å²) in [6, 6.07) is 35.9. The summed E-state index contributed by atoms with van der Waals surface area (Å²) in [7, 11) is -2.27. The molecule has 0 unspecified atom stereocenters. The van der Waals surface area contributed by atoms with Crippen LogP contribution in [0.1, 0.15) is 11.3 Å². The van der Waals surface area contributed by atoms with Crippen LogP contribution in [0.25, 0.3) is 45.2 Å². The van der Waals surface area contributed by atoms with Crippen molar-refractivity contribution in [2.24, 2.45) is 0 Å². The van der Waals surface area contributed by atoms with Crippen LogP contribution in [0.3, 0.4) is 0 Å². The van der Waals surface area contributed by atoms with Gasteiger partial charge in [-0.2, -0.15) is 0 Å². The van der Waals surface area contributed by atoms with Crippen LogP contribution in [-0.2, 0) is 10.0 Å². The summed E-state index contributed by atoms with van der Waals surface area (Å²) in [5.74, 6) is 0.778. The highest BCUT2D eigenvalue weighted by atomic mass is 32.2. The van der Waals surface area contributed by atoms with Gasteiger partial charge >= 0.3 is 0 Å². The second-order valence-corrected chi connectivity index (χ2v) is 10.7. The number of ether oxygens (including phenoxy) is 1. The number of fused-ring (bicyclic) bond motifs is 3. The summed E-state index contributed by atoms with van der Waals surface area (Å²) in [5.41, 5.74) is 4.67. The molecule has 0 radical (unpaired) electrons. The minimum absolute atomic E-state index is 0.213. The molecule has 0 bridgehead atoms. The van der Waals surface area contributed by atoms with E-state index >= 15 is 0 Å². The van der Waals surface area contributed by atoms with Crippen molar-refractivity contribution in [2.45, 2.75) is 4.90 Å². The lowest BCUT2D eigenvalue weighted by atomic mass is 10.0. The molecule has 2 aromatic heterocycles. The highest BCUT2D eigenvalue weighted by Gasteiger charge is 2.24. The van der Waals surface area contributed by atoms with E-state index in [2.05, 4.69) is 0 Å². The SMILES string of the molecule is COc1ccc(-c2ccc3c(c2)c2ccc(/C=C/c4ccccc4)nc2n3S(=O)(=O)c2ccccc2)cc1. The number of aromatic nitrogens is 2. The first-order valence-corrected chi connectivity index (χ1v) is 13.6. The average Bonchev–Trinajstić information content (AvgIpc) is 3.31. The summed E-state index contributed by atoms with van der Waals surface area (Å²) < 4.78 is 34.5. The van der Waals surface area contributed by atoms with E-state index in [0.717, 1.165) is 33.2 Å². The molecule has 186 valence electrons. The third-order valence-electron chi connectivity index (χ3n) is 6.55. The molecule has 5 nitrogen and oxygen atoms in total. The first-order valence-electron chi connectivity index (χ1n) is 12.2. The molecule has 0 spiro atoms. The second kappa shape index (κ2) is 9.65. The Morgan fingerprint density at radius 1 is 0.711 bits per heavy atom. The molecular formula is C32H24N2O3S. The van der Waals surface area contributed by atoms with E-state index in [-0.39, 0.29) is 4.90 Å². The van der Waals surface area contributed by atoms with Crippen LogP contribution in [0.2, 0.25) is 0 Å². The van der Waals surface area contributed by atoms with Crippen molar-refractivity contribution in [3.8, 4) is 16.9 Å². The lowest BCUT2D eigenvalue weighted by molar-refractivity contribution is 0.415. The first kappa shape index (κ1) is 23.7. The maximum absolute atomic E-state index is 13.9. The Balaban J connectivity index is 1.57. The number of methoxy groups -OCH3 is 1. The van der Waals surface area contributed by atoms with Gasteiger partial charge in [-0.1, -0.05) is 72.8 Å². The average molecular weight is 517 g/mol. The Hall–Kier alpha value is -4.68. The smallest absolute Gasteiger partial charge is 0.269 e. The zero-order valence-corrected chi connectivity index (χ0v) is 21.5. The Labute approximate surface area is 221 Å². The number of benzene rings is 4. The van der Waals surface area contributed by atoms with Gasteiger partial charge in [0.15, 0.2) is 5.65 Å². The van der Waals surface area contributed by atoms with Gasteiger partial charge in [0, 0.05) is 10.8 Å². The highest BCUT2D eigenvalue weighted by Crippen LogP contribution is 2.35. The minimum Gasteiger partial charge on any atom is -0.497 e. The van der Waals surface area contributed by atoms with Crippen molar-refractivity contribution in [3.05, 3.63) is 127 Å². The molecule has 6 heteroatoms. The van der Waals surface area contributed by atoms with Crippen molar-refractivity contribution >= 4 is 44.1 Å². The predicted octanol–water partition coefficient (Wildman–Crippen LogP) is 7.27. The van der Waals surface area contributed by atoms with E-state index in [0.29, 0.717) is 16.9 Å². The molecule has 38 heavy (non-hydrogen) atoms. The standard InChI is InChI=1S/C32H24N2O3S/c1-37-27-18-13-24(14-19-27)25-15-21-31-30(22-25)29-20-17-26(16-12-23-8-4-2-5-9-23)33-32(29)34(31)38(35,36)28-10-6-3-7-11-28/h2-22H,1H3/b16-12+. The summed E-state index contributed by atoms with van der Waals surface area (Å²) in [6.07, 6.45) is 3.86. The lowest BCUT2D eigenvalue weighted by Crippen LogP contribution is -2.13. The molecule has 0 atom stereocenters. The Morgan fingerprint density at radius 3 is 2.11 bits per heavy atom. The first-order chi connectivity index (χ1) is 18.5. The van der Waals surface area contributed by atoms with Gasteiger partial charge in [0.1, 0.15) is 5.75 Å². The van der Waals surface area contributed by atoms with Gasteiger partial charge in [-0.25, -0.2) is 17.4 Å². The quantitative estimate of drug-likeness (QED) is 0.234. The number of hydrogen-bond donors (Lipinski definition) is 0. The summed E-state index contributed by atoms with van der Waals surface area (Å²) >= 11 is 0. The molecule has 0 N–H and O–H groups in total. The maximum Gasteiger partial charge on any atom is 0.269 e. The van der Waals surface area contributed by atoms with Crippen molar-refractivity contribution < 1.29 is 13.2 Å². The van der Waals surface area contributed by atoms with Gasteiger partial charge in [-0.15, -0.1) is 0 Å². The van der Waals surface area contributed by atoms with Crippen molar-refractivity contribution in [3.63, 3.8) is 0 Å². The largest absolute Gasteiger partial charge is 0.497 e. The van der Waals surface area contributed by atoms with E-state index < -0.39 is 10.0 Å². The summed E-state index contributed by atoms with van der Waals surface area (Å²) in [5, 5.41) is 1.59.